The van der Waals surface area contributed by atoms with Gasteiger partial charge in [-0.1, -0.05) is 58.0 Å². The third-order valence-electron chi connectivity index (χ3n) is 1.69. The van der Waals surface area contributed by atoms with Gasteiger partial charge in [-0.15, -0.1) is 0 Å². The average Bonchev–Trinajstić information content (AvgIpc) is 2.22. The van der Waals surface area contributed by atoms with Crippen molar-refractivity contribution in [2.45, 2.75) is 0 Å². The first kappa shape index (κ1) is 16.4. The molecule has 0 atom stereocenters. The van der Waals surface area contributed by atoms with E-state index in [2.05, 4.69) is 0 Å². The fraction of sp³-hybridized carbons (Fsp3) is 0. The number of benzene rings is 1. The molecule has 0 aliphatic carbocycles. The smallest absolute Gasteiger partial charge is 0.385 e. The van der Waals surface area contributed by atoms with E-state index in [1.54, 1.807) is 0 Å². The summed E-state index contributed by atoms with van der Waals surface area (Å²) in [5.74, 6) is -0.241. The molecule has 0 heterocycles. The Balaban J connectivity index is 3.39. The summed E-state index contributed by atoms with van der Waals surface area (Å²) < 4.78 is 15.7. The first-order valence-corrected chi connectivity index (χ1v) is 7.84. The third kappa shape index (κ3) is 4.19. The van der Waals surface area contributed by atoms with Crippen molar-refractivity contribution in [3.63, 3.8) is 0 Å². The summed E-state index contributed by atoms with van der Waals surface area (Å²) in [6.07, 6.45) is 0. The predicted molar refractivity (Wildman–Crippen MR) is 77.2 cm³/mol. The zero-order chi connectivity index (χ0) is 14.1. The van der Waals surface area contributed by atoms with Crippen LogP contribution in [-0.2, 0) is 9.09 Å². The average molecular weight is 370 g/mol. The fourth-order valence-electron chi connectivity index (χ4n) is 1.03. The summed E-state index contributed by atoms with van der Waals surface area (Å²) in [6, 6.07) is 2.86. The molecule has 0 bridgehead atoms. The number of hydrogen-bond donors (Lipinski definition) is 2. The predicted octanol–water partition coefficient (Wildman–Crippen LogP) is 4.79. The van der Waals surface area contributed by atoms with Crippen LogP contribution in [-0.4, -0.2) is 0 Å². The highest BCUT2D eigenvalue weighted by Crippen LogP contribution is 2.43. The van der Waals surface area contributed by atoms with Crippen molar-refractivity contribution >= 4 is 71.4 Å². The van der Waals surface area contributed by atoms with Gasteiger partial charge in [-0.05, 0) is 12.1 Å². The minimum atomic E-state index is -3.85. The molecule has 4 N–H and O–H groups in total. The summed E-state index contributed by atoms with van der Waals surface area (Å²) in [6.45, 7) is 0. The van der Waals surface area contributed by atoms with Gasteiger partial charge in [-0.25, -0.2) is 15.6 Å². The Morgan fingerprint density at radius 3 is 2.11 bits per heavy atom. The van der Waals surface area contributed by atoms with Gasteiger partial charge in [-0.3, -0.25) is 0 Å². The molecule has 0 radical (unpaired) electrons. The van der Waals surface area contributed by atoms with Gasteiger partial charge in [-0.2, -0.15) is 0 Å². The van der Waals surface area contributed by atoms with Gasteiger partial charge in [0.2, 0.25) is 0 Å². The van der Waals surface area contributed by atoms with Crippen molar-refractivity contribution in [1.29, 1.82) is 0 Å². The van der Waals surface area contributed by atoms with E-state index >= 15 is 0 Å². The zero-order valence-corrected chi connectivity index (χ0v) is 13.1. The Morgan fingerprint density at radius 1 is 1.11 bits per heavy atom. The van der Waals surface area contributed by atoms with E-state index in [9.17, 15) is 4.57 Å². The fourth-order valence-corrected chi connectivity index (χ4v) is 2.51. The largest absolute Gasteiger partial charge is 0.419 e. The van der Waals surface area contributed by atoms with Gasteiger partial charge in [0.05, 0.1) is 15.1 Å². The van der Waals surface area contributed by atoms with E-state index in [0.29, 0.717) is 0 Å². The maximum Gasteiger partial charge on any atom is 0.385 e. The summed E-state index contributed by atoms with van der Waals surface area (Å²) in [5, 5.41) is 0.306. The molecule has 4 nitrogen and oxygen atoms in total. The molecule has 1 rings (SSSR count). The molecule has 0 aliphatic rings. The van der Waals surface area contributed by atoms with Crippen LogP contribution in [0.2, 0.25) is 15.1 Å². The standard InChI is InChI=1S/C8H6Cl5N2O2P/c9-4-2-1-3(5(10)6(4)11)7(8(12)13)17-18(14,15)16/h1-2H,(H4,14,15,16). The lowest BCUT2D eigenvalue weighted by Crippen LogP contribution is -2.08. The summed E-state index contributed by atoms with van der Waals surface area (Å²) in [4.78, 5) is 0. The lowest BCUT2D eigenvalue weighted by Gasteiger charge is -2.15. The minimum absolute atomic E-state index is 0.0198. The van der Waals surface area contributed by atoms with Crippen LogP contribution in [0, 0.1) is 0 Å². The number of halogens is 5. The number of hydrogen-bond acceptors (Lipinski definition) is 2. The summed E-state index contributed by atoms with van der Waals surface area (Å²) in [7, 11) is -3.85. The molecular formula is C8H6Cl5N2O2P. The van der Waals surface area contributed by atoms with Gasteiger partial charge in [0.25, 0.3) is 0 Å². The van der Waals surface area contributed by atoms with E-state index < -0.39 is 7.67 Å². The van der Waals surface area contributed by atoms with Crippen molar-refractivity contribution in [2.24, 2.45) is 11.0 Å². The molecule has 0 spiro atoms. The second-order valence-electron chi connectivity index (χ2n) is 3.05. The van der Waals surface area contributed by atoms with Gasteiger partial charge in [0.1, 0.15) is 4.49 Å². The Hall–Kier alpha value is 0.360. The molecule has 0 saturated heterocycles. The van der Waals surface area contributed by atoms with Crippen LogP contribution < -0.4 is 11.0 Å². The monoisotopic (exact) mass is 368 g/mol. The topological polar surface area (TPSA) is 78.3 Å². The second-order valence-corrected chi connectivity index (χ2v) is 6.63. The number of rotatable bonds is 3. The molecule has 1 aromatic carbocycles. The van der Waals surface area contributed by atoms with Crippen LogP contribution in [0.15, 0.2) is 16.6 Å². The molecule has 100 valence electrons. The lowest BCUT2D eigenvalue weighted by molar-refractivity contribution is 0.462. The Kier molecular flexibility index (Phi) is 5.66. The Morgan fingerprint density at radius 2 is 1.67 bits per heavy atom. The molecule has 0 amide bonds. The van der Waals surface area contributed by atoms with Crippen molar-refractivity contribution in [3.05, 3.63) is 37.3 Å². The van der Waals surface area contributed by atoms with E-state index in [1.807, 2.05) is 0 Å². The highest BCUT2D eigenvalue weighted by molar-refractivity contribution is 7.54. The van der Waals surface area contributed by atoms with Crippen LogP contribution in [0.4, 0.5) is 0 Å². The maximum atomic E-state index is 11.2. The SMILES string of the molecule is NP(N)(=O)OC(=C(Cl)Cl)c1ccc(Cl)c(Cl)c1Cl. The normalized spacial score (nSPS) is 11.3. The van der Waals surface area contributed by atoms with Crippen LogP contribution in [0.1, 0.15) is 5.56 Å². The Bertz CT molecular complexity index is 553. The second kappa shape index (κ2) is 6.21. The molecule has 1 aromatic rings. The highest BCUT2D eigenvalue weighted by atomic mass is 35.5. The third-order valence-corrected chi connectivity index (χ3v) is 3.79. The van der Waals surface area contributed by atoms with Gasteiger partial charge < -0.3 is 4.52 Å². The van der Waals surface area contributed by atoms with Crippen molar-refractivity contribution < 1.29 is 9.09 Å². The molecule has 0 saturated carbocycles. The zero-order valence-electron chi connectivity index (χ0n) is 8.46. The molecule has 0 fully saturated rings. The number of nitrogens with two attached hydrogens (primary N) is 2. The van der Waals surface area contributed by atoms with Crippen LogP contribution in [0.25, 0.3) is 5.76 Å². The molecular weight excluding hydrogens is 364 g/mol. The van der Waals surface area contributed by atoms with Gasteiger partial charge in [0, 0.05) is 5.56 Å². The summed E-state index contributed by atoms with van der Waals surface area (Å²) in [5.41, 5.74) is 10.3. The van der Waals surface area contributed by atoms with E-state index in [4.69, 9.17) is 73.5 Å². The summed E-state index contributed by atoms with van der Waals surface area (Å²) >= 11 is 28.8. The lowest BCUT2D eigenvalue weighted by atomic mass is 10.2. The molecule has 0 aromatic heterocycles. The first-order chi connectivity index (χ1) is 8.13. The van der Waals surface area contributed by atoms with E-state index in [1.165, 1.54) is 12.1 Å². The molecule has 0 aliphatic heterocycles. The van der Waals surface area contributed by atoms with Crippen molar-refractivity contribution in [1.82, 2.24) is 0 Å². The quantitative estimate of drug-likeness (QED) is 0.455. The van der Waals surface area contributed by atoms with Crippen LogP contribution >= 0.6 is 65.7 Å². The minimum Gasteiger partial charge on any atom is -0.419 e. The van der Waals surface area contributed by atoms with Gasteiger partial charge in [0.15, 0.2) is 5.76 Å². The highest BCUT2D eigenvalue weighted by Gasteiger charge is 2.21. The van der Waals surface area contributed by atoms with Crippen LogP contribution in [0.5, 0.6) is 0 Å². The van der Waals surface area contributed by atoms with E-state index in [0.717, 1.165) is 0 Å². The van der Waals surface area contributed by atoms with Crippen LogP contribution in [0.3, 0.4) is 0 Å². The molecule has 10 heteroatoms. The van der Waals surface area contributed by atoms with Crippen molar-refractivity contribution in [3.8, 4) is 0 Å². The maximum absolute atomic E-state index is 11.2. The first-order valence-electron chi connectivity index (χ1n) is 4.19. The van der Waals surface area contributed by atoms with Gasteiger partial charge >= 0.3 is 7.67 Å². The van der Waals surface area contributed by atoms with Crippen molar-refractivity contribution in [2.75, 3.05) is 0 Å². The molecule has 0 unspecified atom stereocenters. The Labute approximate surface area is 128 Å². The van der Waals surface area contributed by atoms with E-state index in [-0.39, 0.29) is 30.9 Å². The molecule has 18 heavy (non-hydrogen) atoms.